The number of thiol groups is 1. The number of aliphatic hydroxyl groups excluding tert-OH is 1. The number of rotatable bonds is 2. The molecule has 5 nitrogen and oxygen atoms in total. The summed E-state index contributed by atoms with van der Waals surface area (Å²) in [5.41, 5.74) is 0. The molecule has 1 aromatic heterocycles. The molecule has 0 unspecified atom stereocenters. The van der Waals surface area contributed by atoms with E-state index in [1.54, 1.807) is 0 Å². The number of aromatic hydroxyl groups is 1. The van der Waals surface area contributed by atoms with Gasteiger partial charge >= 0.3 is 6.01 Å². The average molecular weight is 161 g/mol. The van der Waals surface area contributed by atoms with Crippen molar-refractivity contribution in [3.63, 3.8) is 0 Å². The van der Waals surface area contributed by atoms with Crippen LogP contribution in [0.5, 0.6) is 6.01 Å². The molecule has 0 saturated heterocycles. The van der Waals surface area contributed by atoms with Crippen LogP contribution < -0.4 is 0 Å². The largest absolute Gasteiger partial charge is 0.479 e. The van der Waals surface area contributed by atoms with Crippen molar-refractivity contribution in [3.8, 4) is 6.01 Å². The molecule has 1 rings (SSSR count). The SMILES string of the molecule is OCCn1c(O)nnc1S. The molecule has 0 radical (unpaired) electrons. The van der Waals surface area contributed by atoms with Gasteiger partial charge in [-0.3, -0.25) is 4.57 Å². The number of aliphatic hydroxyl groups is 1. The summed E-state index contributed by atoms with van der Waals surface area (Å²) in [6.45, 7) is 0.191. The molecular formula is C4H7N3O2S. The minimum absolute atomic E-state index is 0.0703. The highest BCUT2D eigenvalue weighted by Gasteiger charge is 2.04. The Morgan fingerprint density at radius 3 is 2.60 bits per heavy atom. The van der Waals surface area contributed by atoms with E-state index in [2.05, 4.69) is 22.8 Å². The normalized spacial score (nSPS) is 10.2. The average Bonchev–Trinajstić information content (AvgIpc) is 2.20. The molecular weight excluding hydrogens is 154 g/mol. The summed E-state index contributed by atoms with van der Waals surface area (Å²) in [5, 5.41) is 24.4. The summed E-state index contributed by atoms with van der Waals surface area (Å²) in [6, 6.07) is -0.223. The monoisotopic (exact) mass is 161 g/mol. The van der Waals surface area contributed by atoms with Gasteiger partial charge in [0.05, 0.1) is 13.2 Å². The maximum atomic E-state index is 8.89. The van der Waals surface area contributed by atoms with Gasteiger partial charge in [-0.2, -0.15) is 0 Å². The van der Waals surface area contributed by atoms with Crippen molar-refractivity contribution in [1.29, 1.82) is 0 Å². The molecule has 1 aromatic rings. The molecule has 0 aliphatic carbocycles. The van der Waals surface area contributed by atoms with E-state index in [9.17, 15) is 0 Å². The summed E-state index contributed by atoms with van der Waals surface area (Å²) < 4.78 is 1.29. The third-order valence-corrected chi connectivity index (χ3v) is 1.37. The van der Waals surface area contributed by atoms with Crippen LogP contribution in [0.15, 0.2) is 5.16 Å². The lowest BCUT2D eigenvalue weighted by molar-refractivity contribution is 0.260. The van der Waals surface area contributed by atoms with Crippen LogP contribution in [0, 0.1) is 0 Å². The third kappa shape index (κ3) is 1.22. The number of aromatic nitrogens is 3. The van der Waals surface area contributed by atoms with E-state index in [1.165, 1.54) is 4.57 Å². The van der Waals surface area contributed by atoms with Crippen molar-refractivity contribution >= 4 is 12.6 Å². The molecule has 0 aliphatic rings. The van der Waals surface area contributed by atoms with Crippen molar-refractivity contribution in [2.45, 2.75) is 11.7 Å². The Morgan fingerprint density at radius 1 is 1.50 bits per heavy atom. The lowest BCUT2D eigenvalue weighted by atomic mass is 10.7. The summed E-state index contributed by atoms with van der Waals surface area (Å²) in [7, 11) is 0. The summed E-state index contributed by atoms with van der Waals surface area (Å²) in [4.78, 5) is 0. The van der Waals surface area contributed by atoms with Crippen LogP contribution in [-0.4, -0.2) is 31.6 Å². The molecule has 1 heterocycles. The van der Waals surface area contributed by atoms with Crippen molar-refractivity contribution in [3.05, 3.63) is 0 Å². The Balaban J connectivity index is 2.87. The molecule has 0 aliphatic heterocycles. The Hall–Kier alpha value is -0.750. The van der Waals surface area contributed by atoms with Gasteiger partial charge in [0.1, 0.15) is 0 Å². The fraction of sp³-hybridized carbons (Fsp3) is 0.500. The van der Waals surface area contributed by atoms with Crippen LogP contribution in [0.2, 0.25) is 0 Å². The zero-order valence-corrected chi connectivity index (χ0v) is 5.99. The molecule has 0 aromatic carbocycles. The summed E-state index contributed by atoms with van der Waals surface area (Å²) in [5.74, 6) is 0. The second kappa shape index (κ2) is 2.89. The Bertz CT molecular complexity index is 205. The van der Waals surface area contributed by atoms with Gasteiger partial charge in [-0.05, 0) is 0 Å². The highest BCUT2D eigenvalue weighted by molar-refractivity contribution is 7.80. The van der Waals surface area contributed by atoms with E-state index in [-0.39, 0.29) is 19.2 Å². The quantitative estimate of drug-likeness (QED) is 0.500. The van der Waals surface area contributed by atoms with Crippen LogP contribution in [0.4, 0.5) is 0 Å². The fourth-order valence-electron chi connectivity index (χ4n) is 0.587. The van der Waals surface area contributed by atoms with E-state index in [0.29, 0.717) is 5.16 Å². The van der Waals surface area contributed by atoms with Gasteiger partial charge < -0.3 is 10.2 Å². The molecule has 0 fully saturated rings. The maximum Gasteiger partial charge on any atom is 0.315 e. The minimum Gasteiger partial charge on any atom is -0.479 e. The van der Waals surface area contributed by atoms with E-state index in [0.717, 1.165) is 0 Å². The van der Waals surface area contributed by atoms with E-state index in [1.807, 2.05) is 0 Å². The van der Waals surface area contributed by atoms with Crippen molar-refractivity contribution in [1.82, 2.24) is 14.8 Å². The first-order valence-electron chi connectivity index (χ1n) is 2.67. The zero-order valence-electron chi connectivity index (χ0n) is 5.10. The van der Waals surface area contributed by atoms with Gasteiger partial charge in [-0.15, -0.1) is 17.7 Å². The first kappa shape index (κ1) is 7.36. The Kier molecular flexibility index (Phi) is 2.13. The summed E-state index contributed by atoms with van der Waals surface area (Å²) >= 11 is 3.87. The topological polar surface area (TPSA) is 71.2 Å². The molecule has 10 heavy (non-hydrogen) atoms. The minimum atomic E-state index is -0.223. The first-order chi connectivity index (χ1) is 4.75. The molecule has 0 amide bonds. The fourth-order valence-corrected chi connectivity index (χ4v) is 0.821. The van der Waals surface area contributed by atoms with Gasteiger partial charge in [-0.25, -0.2) is 0 Å². The molecule has 2 N–H and O–H groups in total. The number of nitrogens with zero attached hydrogens (tertiary/aromatic N) is 3. The van der Waals surface area contributed by atoms with Gasteiger partial charge in [0.2, 0.25) is 0 Å². The molecule has 0 saturated carbocycles. The molecule has 0 atom stereocenters. The second-order valence-corrected chi connectivity index (χ2v) is 2.08. The van der Waals surface area contributed by atoms with Crippen molar-refractivity contribution < 1.29 is 10.2 Å². The lowest BCUT2D eigenvalue weighted by Crippen LogP contribution is -2.01. The molecule has 6 heteroatoms. The number of hydrogen-bond acceptors (Lipinski definition) is 5. The Morgan fingerprint density at radius 2 is 2.20 bits per heavy atom. The second-order valence-electron chi connectivity index (χ2n) is 1.68. The standard InChI is InChI=1S/C4H7N3O2S/c8-2-1-7-3(9)5-6-4(7)10/h8H,1-2H2,(H,5,9)(H,6,10). The van der Waals surface area contributed by atoms with Gasteiger partial charge in [0, 0.05) is 0 Å². The van der Waals surface area contributed by atoms with Gasteiger partial charge in [0.15, 0.2) is 5.16 Å². The molecule has 56 valence electrons. The van der Waals surface area contributed by atoms with E-state index in [4.69, 9.17) is 10.2 Å². The zero-order chi connectivity index (χ0) is 7.56. The van der Waals surface area contributed by atoms with E-state index < -0.39 is 0 Å². The Labute approximate surface area is 62.7 Å². The van der Waals surface area contributed by atoms with E-state index >= 15 is 0 Å². The highest BCUT2D eigenvalue weighted by Crippen LogP contribution is 2.09. The van der Waals surface area contributed by atoms with Crippen LogP contribution in [0.25, 0.3) is 0 Å². The molecule has 0 bridgehead atoms. The first-order valence-corrected chi connectivity index (χ1v) is 3.12. The number of hydrogen-bond donors (Lipinski definition) is 3. The van der Waals surface area contributed by atoms with Crippen LogP contribution in [0.1, 0.15) is 0 Å². The molecule has 0 spiro atoms. The summed E-state index contributed by atoms with van der Waals surface area (Å²) in [6.07, 6.45) is 0. The third-order valence-electron chi connectivity index (χ3n) is 1.04. The predicted molar refractivity (Wildman–Crippen MR) is 36.0 cm³/mol. The van der Waals surface area contributed by atoms with Crippen molar-refractivity contribution in [2.24, 2.45) is 0 Å². The smallest absolute Gasteiger partial charge is 0.315 e. The highest BCUT2D eigenvalue weighted by atomic mass is 32.1. The van der Waals surface area contributed by atoms with Crippen LogP contribution in [0.3, 0.4) is 0 Å². The predicted octanol–water partition coefficient (Wildman–Crippen LogP) is -0.735. The van der Waals surface area contributed by atoms with Gasteiger partial charge in [-0.1, -0.05) is 5.10 Å². The van der Waals surface area contributed by atoms with Crippen LogP contribution >= 0.6 is 12.6 Å². The van der Waals surface area contributed by atoms with Crippen molar-refractivity contribution in [2.75, 3.05) is 6.61 Å². The lowest BCUT2D eigenvalue weighted by Gasteiger charge is -1.98. The van der Waals surface area contributed by atoms with Gasteiger partial charge in [0.25, 0.3) is 0 Å². The van der Waals surface area contributed by atoms with Crippen LogP contribution in [-0.2, 0) is 6.54 Å². The maximum absolute atomic E-state index is 8.89.